The van der Waals surface area contributed by atoms with Gasteiger partial charge in [-0.25, -0.2) is 0 Å². The van der Waals surface area contributed by atoms with Crippen LogP contribution in [0.2, 0.25) is 0 Å². The van der Waals surface area contributed by atoms with Crippen molar-refractivity contribution in [3.63, 3.8) is 0 Å². The van der Waals surface area contributed by atoms with Gasteiger partial charge in [-0.3, -0.25) is 0 Å². The van der Waals surface area contributed by atoms with Gasteiger partial charge in [-0.15, -0.1) is 0 Å². The van der Waals surface area contributed by atoms with Crippen LogP contribution in [-0.2, 0) is 0 Å². The fraction of sp³-hybridized carbons (Fsp3) is 1.00. The Morgan fingerprint density at radius 1 is 1.18 bits per heavy atom. The van der Waals surface area contributed by atoms with Crippen molar-refractivity contribution in [1.29, 1.82) is 0 Å². The van der Waals surface area contributed by atoms with E-state index in [-0.39, 0.29) is 11.7 Å². The summed E-state index contributed by atoms with van der Waals surface area (Å²) in [6, 6.07) is -0.0286. The second-order valence-electron chi connectivity index (χ2n) is 3.34. The number of rotatable bonds is 3. The van der Waals surface area contributed by atoms with Crippen LogP contribution in [-0.4, -0.2) is 26.3 Å². The zero-order valence-corrected chi connectivity index (χ0v) is 8.57. The van der Waals surface area contributed by atoms with Crippen molar-refractivity contribution >= 4 is 7.87 Å². The topological polar surface area (TPSA) is 69.7 Å². The van der Waals surface area contributed by atoms with Gasteiger partial charge in [-0.1, -0.05) is 0 Å². The van der Waals surface area contributed by atoms with Crippen LogP contribution in [0, 0.1) is 0 Å². The minimum atomic E-state index is -3.34. The molecule has 0 spiro atoms. The summed E-state index contributed by atoms with van der Waals surface area (Å²) in [5, 5.41) is 0. The van der Waals surface area contributed by atoms with Crippen molar-refractivity contribution in [3.05, 3.63) is 0 Å². The summed E-state index contributed by atoms with van der Waals surface area (Å²) in [7, 11) is -3.34. The van der Waals surface area contributed by atoms with Gasteiger partial charge in [0.05, 0.1) is 0 Å². The molecule has 0 saturated heterocycles. The Kier molecular flexibility index (Phi) is 3.88. The molecule has 0 aliphatic rings. The molecule has 0 rings (SSSR count). The van der Waals surface area contributed by atoms with Crippen LogP contribution in [0.3, 0.4) is 0 Å². The van der Waals surface area contributed by atoms with E-state index in [1.807, 2.05) is 13.8 Å². The van der Waals surface area contributed by atoms with Crippen LogP contribution < -0.4 is 5.84 Å². The fourth-order valence-electron chi connectivity index (χ4n) is 0.678. The molecule has 0 aliphatic heterocycles. The zero-order chi connectivity index (χ0) is 9.23. The summed E-state index contributed by atoms with van der Waals surface area (Å²) in [6.07, 6.45) is 0. The Hall–Kier alpha value is 0.270. The second kappa shape index (κ2) is 3.78. The first-order valence-electron chi connectivity index (χ1n) is 3.79. The van der Waals surface area contributed by atoms with Crippen LogP contribution in [0.25, 0.3) is 0 Å². The monoisotopic (exact) mass is 182 g/mol. The van der Waals surface area contributed by atoms with E-state index in [2.05, 4.69) is 0 Å². The third-order valence-electron chi connectivity index (χ3n) is 1.71. The average Bonchev–Trinajstić information content (AvgIpc) is 1.85. The molecule has 0 unspecified atom stereocenters. The molecule has 0 radical (unpaired) electrons. The molecule has 0 fully saturated rings. The maximum atomic E-state index is 9.53. The first-order chi connectivity index (χ1) is 4.80. The molecule has 0 amide bonds. The standard InChI is InChI=1S/C6H19N2O2P/c1-5(2)8(7)11(9,10)6(3)4/h5-6,9-11H,7H2,1-4H3. The molecule has 4 N–H and O–H groups in total. The Morgan fingerprint density at radius 2 is 1.55 bits per heavy atom. The minimum absolute atomic E-state index is 0.0286. The molecule has 0 bridgehead atoms. The molecular weight excluding hydrogens is 163 g/mol. The summed E-state index contributed by atoms with van der Waals surface area (Å²) < 4.78 is 1.18. The van der Waals surface area contributed by atoms with Crippen molar-refractivity contribution in [2.75, 3.05) is 0 Å². The van der Waals surface area contributed by atoms with E-state index in [9.17, 15) is 9.79 Å². The van der Waals surface area contributed by atoms with E-state index in [0.717, 1.165) is 0 Å². The van der Waals surface area contributed by atoms with E-state index >= 15 is 0 Å². The van der Waals surface area contributed by atoms with Crippen LogP contribution in [0.4, 0.5) is 0 Å². The molecule has 0 aromatic rings. The molecular formula is C6H19N2O2P. The van der Waals surface area contributed by atoms with E-state index < -0.39 is 7.87 Å². The summed E-state index contributed by atoms with van der Waals surface area (Å²) in [5.41, 5.74) is -0.171. The average molecular weight is 182 g/mol. The molecule has 0 aromatic carbocycles. The maximum absolute atomic E-state index is 9.53. The summed E-state index contributed by atoms with van der Waals surface area (Å²) >= 11 is 0. The predicted molar refractivity (Wildman–Crippen MR) is 49.1 cm³/mol. The van der Waals surface area contributed by atoms with Gasteiger partial charge in [0.1, 0.15) is 0 Å². The molecule has 0 atom stereocenters. The Labute approximate surface area is 68.5 Å². The quantitative estimate of drug-likeness (QED) is 0.337. The number of hydrazine groups is 1. The van der Waals surface area contributed by atoms with Gasteiger partial charge in [-0.2, -0.15) is 0 Å². The number of hydrogen-bond acceptors (Lipinski definition) is 4. The third-order valence-corrected chi connectivity index (χ3v) is 4.54. The first-order valence-corrected chi connectivity index (χ1v) is 5.70. The second-order valence-corrected chi connectivity index (χ2v) is 6.39. The molecule has 4 nitrogen and oxygen atoms in total. The molecule has 5 heteroatoms. The van der Waals surface area contributed by atoms with Gasteiger partial charge < -0.3 is 0 Å². The predicted octanol–water partition coefficient (Wildman–Crippen LogP) is 0.458. The number of nitrogens with two attached hydrogens (primary N) is 1. The SMILES string of the molecule is CC(C)N(N)[PH](O)(O)C(C)C. The van der Waals surface area contributed by atoms with Gasteiger partial charge in [-0.05, 0) is 0 Å². The van der Waals surface area contributed by atoms with Gasteiger partial charge in [0, 0.05) is 0 Å². The Morgan fingerprint density at radius 3 is 1.64 bits per heavy atom. The molecule has 0 aromatic heterocycles. The van der Waals surface area contributed by atoms with Crippen molar-refractivity contribution in [3.8, 4) is 0 Å². The molecule has 0 heterocycles. The van der Waals surface area contributed by atoms with Crippen molar-refractivity contribution in [2.45, 2.75) is 39.4 Å². The van der Waals surface area contributed by atoms with Crippen LogP contribution in [0.5, 0.6) is 0 Å². The van der Waals surface area contributed by atoms with E-state index in [0.29, 0.717) is 0 Å². The Balaban J connectivity index is 4.29. The van der Waals surface area contributed by atoms with Gasteiger partial charge in [0.15, 0.2) is 0 Å². The third kappa shape index (κ3) is 2.65. The van der Waals surface area contributed by atoms with Crippen molar-refractivity contribution < 1.29 is 9.79 Å². The molecule has 0 saturated carbocycles. The van der Waals surface area contributed by atoms with E-state index in [4.69, 9.17) is 5.84 Å². The van der Waals surface area contributed by atoms with Gasteiger partial charge in [0.25, 0.3) is 0 Å². The van der Waals surface area contributed by atoms with Crippen LogP contribution >= 0.6 is 7.87 Å². The van der Waals surface area contributed by atoms with Crippen LogP contribution in [0.1, 0.15) is 27.7 Å². The number of hydrogen-bond donors (Lipinski definition) is 3. The van der Waals surface area contributed by atoms with E-state index in [1.165, 1.54) is 4.78 Å². The van der Waals surface area contributed by atoms with Crippen LogP contribution in [0.15, 0.2) is 0 Å². The van der Waals surface area contributed by atoms with Gasteiger partial charge >= 0.3 is 67.7 Å². The first kappa shape index (κ1) is 11.3. The Bertz CT molecular complexity index is 128. The van der Waals surface area contributed by atoms with Crippen molar-refractivity contribution in [2.24, 2.45) is 5.84 Å². The fourth-order valence-corrected chi connectivity index (χ4v) is 2.03. The summed E-state index contributed by atoms with van der Waals surface area (Å²) in [6.45, 7) is 7.18. The molecule has 0 aliphatic carbocycles. The van der Waals surface area contributed by atoms with Gasteiger partial charge in [0.2, 0.25) is 0 Å². The van der Waals surface area contributed by atoms with E-state index in [1.54, 1.807) is 13.8 Å². The van der Waals surface area contributed by atoms with Crippen molar-refractivity contribution in [1.82, 2.24) is 4.78 Å². The zero-order valence-electron chi connectivity index (χ0n) is 7.57. The summed E-state index contributed by atoms with van der Waals surface area (Å²) in [5.74, 6) is 5.49. The normalized spacial score (nSPS) is 15.1. The summed E-state index contributed by atoms with van der Waals surface area (Å²) in [4.78, 5) is 19.1. The molecule has 70 valence electrons. The number of nitrogens with zero attached hydrogens (tertiary/aromatic N) is 1. The molecule has 11 heavy (non-hydrogen) atoms.